The summed E-state index contributed by atoms with van der Waals surface area (Å²) < 4.78 is 12.8. The van der Waals surface area contributed by atoms with Gasteiger partial charge in [0.1, 0.15) is 23.9 Å². The molecule has 17 heavy (non-hydrogen) atoms. The van der Waals surface area contributed by atoms with Crippen molar-refractivity contribution in [3.05, 3.63) is 18.7 Å². The lowest BCUT2D eigenvalue weighted by atomic mass is 9.88. The lowest BCUT2D eigenvalue weighted by Crippen LogP contribution is -2.61. The molecular formula is C10H15N3O4. The summed E-state index contributed by atoms with van der Waals surface area (Å²) in [6.07, 6.45) is 2.18. The molecule has 1 aromatic rings. The van der Waals surface area contributed by atoms with Gasteiger partial charge in [-0.1, -0.05) is 0 Å². The molecule has 2 saturated heterocycles. The normalized spacial score (nSPS) is 45.1. The number of nitrogens with two attached hydrogens (primary N) is 1. The molecule has 7 nitrogen and oxygen atoms in total. The minimum Gasteiger partial charge on any atom is -0.388 e. The maximum absolute atomic E-state index is 10.2. The van der Waals surface area contributed by atoms with Gasteiger partial charge < -0.3 is 30.0 Å². The van der Waals surface area contributed by atoms with E-state index in [2.05, 4.69) is 4.98 Å². The van der Waals surface area contributed by atoms with Gasteiger partial charge in [0.15, 0.2) is 6.29 Å². The molecule has 0 amide bonds. The van der Waals surface area contributed by atoms with E-state index >= 15 is 0 Å². The zero-order valence-electron chi connectivity index (χ0n) is 9.14. The minimum atomic E-state index is -1.07. The predicted molar refractivity (Wildman–Crippen MR) is 55.9 cm³/mol. The molecule has 4 N–H and O–H groups in total. The monoisotopic (exact) mass is 241 g/mol. The van der Waals surface area contributed by atoms with Crippen LogP contribution in [0.4, 0.5) is 0 Å². The number of hydrogen-bond acceptors (Lipinski definition) is 6. The summed E-state index contributed by atoms with van der Waals surface area (Å²) in [4.78, 5) is 3.91. The van der Waals surface area contributed by atoms with Gasteiger partial charge in [0.05, 0.1) is 12.9 Å². The molecule has 3 heterocycles. The number of aliphatic hydroxyl groups excluding tert-OH is 2. The molecule has 2 fully saturated rings. The second-order valence-electron chi connectivity index (χ2n) is 4.50. The Bertz CT molecular complexity index is 398. The number of fused-ring (bicyclic) bond motifs is 2. The van der Waals surface area contributed by atoms with Gasteiger partial charge in [-0.15, -0.1) is 0 Å². The van der Waals surface area contributed by atoms with Crippen molar-refractivity contribution < 1.29 is 19.7 Å². The Morgan fingerprint density at radius 1 is 1.53 bits per heavy atom. The lowest BCUT2D eigenvalue weighted by molar-refractivity contribution is -0.231. The van der Waals surface area contributed by atoms with Gasteiger partial charge in [-0.3, -0.25) is 0 Å². The first-order valence-electron chi connectivity index (χ1n) is 5.51. The minimum absolute atomic E-state index is 0.109. The fourth-order valence-electron chi connectivity index (χ4n) is 2.50. The van der Waals surface area contributed by atoms with Gasteiger partial charge in [0.25, 0.3) is 0 Å². The molecule has 0 saturated carbocycles. The molecule has 4 unspecified atom stereocenters. The van der Waals surface area contributed by atoms with E-state index in [4.69, 9.17) is 15.2 Å². The van der Waals surface area contributed by atoms with Crippen LogP contribution in [0.5, 0.6) is 0 Å². The summed E-state index contributed by atoms with van der Waals surface area (Å²) in [6, 6.07) is -0.505. The van der Waals surface area contributed by atoms with Crippen molar-refractivity contribution in [2.24, 2.45) is 5.73 Å². The van der Waals surface area contributed by atoms with Crippen molar-refractivity contribution in [2.45, 2.75) is 30.1 Å². The van der Waals surface area contributed by atoms with Crippen molar-refractivity contribution in [1.82, 2.24) is 9.55 Å². The first kappa shape index (κ1) is 11.1. The largest absolute Gasteiger partial charge is 0.388 e. The van der Waals surface area contributed by atoms with Crippen LogP contribution in [-0.4, -0.2) is 57.0 Å². The molecule has 0 aromatic carbocycles. The van der Waals surface area contributed by atoms with Crippen LogP contribution in [0, 0.1) is 0 Å². The Hall–Kier alpha value is -0.990. The van der Waals surface area contributed by atoms with Gasteiger partial charge in [0.2, 0.25) is 0 Å². The maximum atomic E-state index is 10.2. The van der Waals surface area contributed by atoms with Crippen molar-refractivity contribution in [2.75, 3.05) is 13.2 Å². The van der Waals surface area contributed by atoms with E-state index in [0.29, 0.717) is 0 Å². The quantitative estimate of drug-likeness (QED) is 0.566. The van der Waals surface area contributed by atoms with Crippen LogP contribution in [0.2, 0.25) is 0 Å². The molecule has 1 aromatic heterocycles. The zero-order chi connectivity index (χ0) is 12.0. The Morgan fingerprint density at radius 2 is 2.35 bits per heavy atom. The lowest BCUT2D eigenvalue weighted by Gasteiger charge is -2.42. The summed E-state index contributed by atoms with van der Waals surface area (Å²) in [7, 11) is 0. The summed E-state index contributed by atoms with van der Waals surface area (Å²) in [6.45, 7) is 0.302. The first-order chi connectivity index (χ1) is 8.18. The Labute approximate surface area is 97.8 Å². The van der Waals surface area contributed by atoms with Gasteiger partial charge in [0, 0.05) is 18.9 Å². The van der Waals surface area contributed by atoms with E-state index in [1.807, 2.05) is 0 Å². The molecule has 2 aliphatic heterocycles. The molecule has 0 aliphatic carbocycles. The second-order valence-corrected chi connectivity index (χ2v) is 4.50. The Balaban J connectivity index is 1.94. The number of imidazole rings is 1. The van der Waals surface area contributed by atoms with Crippen molar-refractivity contribution in [3.8, 4) is 0 Å². The number of hydrogen-bond donors (Lipinski definition) is 3. The highest BCUT2D eigenvalue weighted by molar-refractivity contribution is 5.06. The van der Waals surface area contributed by atoms with Crippen molar-refractivity contribution >= 4 is 0 Å². The maximum Gasteiger partial charge on any atom is 0.181 e. The summed E-state index contributed by atoms with van der Waals surface area (Å²) in [5, 5.41) is 20.3. The van der Waals surface area contributed by atoms with E-state index in [1.165, 1.54) is 0 Å². The molecule has 2 bridgehead atoms. The van der Waals surface area contributed by atoms with Gasteiger partial charge in [-0.25, -0.2) is 4.98 Å². The van der Waals surface area contributed by atoms with E-state index in [-0.39, 0.29) is 13.2 Å². The van der Waals surface area contributed by atoms with Gasteiger partial charge >= 0.3 is 0 Å². The second kappa shape index (κ2) is 3.76. The fourth-order valence-corrected chi connectivity index (χ4v) is 2.50. The zero-order valence-corrected chi connectivity index (χ0v) is 9.14. The third-order valence-corrected chi connectivity index (χ3v) is 3.55. The van der Waals surface area contributed by atoms with Crippen LogP contribution < -0.4 is 5.73 Å². The number of aromatic nitrogens is 2. The summed E-state index contributed by atoms with van der Waals surface area (Å²) in [5.74, 6) is 0. The summed E-state index contributed by atoms with van der Waals surface area (Å²) in [5.41, 5.74) is 4.61. The first-order valence-corrected chi connectivity index (χ1v) is 5.51. The van der Waals surface area contributed by atoms with E-state index in [9.17, 15) is 10.2 Å². The SMILES string of the molecule is NCC12COC(O1)[C@H](n1ccnc1)C(O)C2O. The van der Waals surface area contributed by atoms with Crippen LogP contribution in [0.25, 0.3) is 0 Å². The number of ether oxygens (including phenoxy) is 2. The van der Waals surface area contributed by atoms with Crippen LogP contribution in [0.1, 0.15) is 6.04 Å². The third-order valence-electron chi connectivity index (χ3n) is 3.55. The Kier molecular flexibility index (Phi) is 2.46. The number of rotatable bonds is 2. The molecule has 2 aliphatic rings. The molecule has 5 atom stereocenters. The average Bonchev–Trinajstić information content (AvgIpc) is 2.96. The van der Waals surface area contributed by atoms with E-state index in [1.54, 1.807) is 23.3 Å². The molecule has 3 rings (SSSR count). The van der Waals surface area contributed by atoms with Crippen molar-refractivity contribution in [3.63, 3.8) is 0 Å². The highest BCUT2D eigenvalue weighted by atomic mass is 16.7. The predicted octanol–water partition coefficient (Wildman–Crippen LogP) is -1.77. The fraction of sp³-hybridized carbons (Fsp3) is 0.700. The van der Waals surface area contributed by atoms with Crippen LogP contribution in [0.3, 0.4) is 0 Å². The molecular weight excluding hydrogens is 226 g/mol. The highest BCUT2D eigenvalue weighted by Gasteiger charge is 2.58. The van der Waals surface area contributed by atoms with E-state index in [0.717, 1.165) is 0 Å². The smallest absolute Gasteiger partial charge is 0.181 e. The van der Waals surface area contributed by atoms with E-state index < -0.39 is 30.1 Å². The number of aliphatic hydroxyl groups is 2. The van der Waals surface area contributed by atoms with Crippen LogP contribution in [0.15, 0.2) is 18.7 Å². The molecule has 94 valence electrons. The number of nitrogens with zero attached hydrogens (tertiary/aromatic N) is 2. The van der Waals surface area contributed by atoms with Crippen LogP contribution in [-0.2, 0) is 9.47 Å². The standard InChI is InChI=1S/C10H15N3O4/c11-3-10-4-16-9(17-10)6(7(14)8(10)15)13-2-1-12-5-13/h1-2,5-9,14-15H,3-4,11H2/t6-,7?,8?,9?,10?/m1/s1. The topological polar surface area (TPSA) is 103 Å². The van der Waals surface area contributed by atoms with Gasteiger partial charge in [-0.05, 0) is 0 Å². The Morgan fingerprint density at radius 3 is 3.00 bits per heavy atom. The van der Waals surface area contributed by atoms with Gasteiger partial charge in [-0.2, -0.15) is 0 Å². The van der Waals surface area contributed by atoms with Crippen molar-refractivity contribution in [1.29, 1.82) is 0 Å². The molecule has 7 heteroatoms. The highest BCUT2D eigenvalue weighted by Crippen LogP contribution is 2.41. The van der Waals surface area contributed by atoms with Crippen LogP contribution >= 0.6 is 0 Å². The molecule has 0 spiro atoms. The summed E-state index contributed by atoms with van der Waals surface area (Å²) >= 11 is 0. The third kappa shape index (κ3) is 1.44. The molecule has 0 radical (unpaired) electrons. The average molecular weight is 241 g/mol.